The summed E-state index contributed by atoms with van der Waals surface area (Å²) >= 11 is 0. The number of nitrogens with one attached hydrogen (secondary N) is 3. The SMILES string of the molecule is CC[C@H](C)[C@H]1NC(=O)[C@@H](NC(=O)[C@@H](CC(C)C)N(C)C(=O)C2CCCN2C(=O)[C@H](C)O)[C@@H](C)OC(=O)[C@H](Cc2ccccc2)N(C)C(=O)C2CCCN2C(=O)[C@H](CC(C)C)NC(=O)[C@@H](C)C(=O)[C@H](C(C)C)OC(=O)C[C@@H]1O. The van der Waals surface area contributed by atoms with Crippen molar-refractivity contribution in [2.45, 2.75) is 201 Å². The highest BCUT2D eigenvalue weighted by atomic mass is 16.6. The van der Waals surface area contributed by atoms with Crippen LogP contribution in [-0.2, 0) is 63.8 Å². The van der Waals surface area contributed by atoms with E-state index in [0.717, 1.165) is 0 Å². The monoisotopic (exact) mass is 1080 g/mol. The third-order valence-corrected chi connectivity index (χ3v) is 15.2. The largest absolute Gasteiger partial charge is 0.458 e. The van der Waals surface area contributed by atoms with Crippen molar-refractivity contribution in [2.24, 2.45) is 29.6 Å². The molecule has 1 aromatic rings. The summed E-state index contributed by atoms with van der Waals surface area (Å²) in [5, 5.41) is 30.2. The minimum atomic E-state index is -1.74. The zero-order chi connectivity index (χ0) is 57.7. The lowest BCUT2D eigenvalue weighted by molar-refractivity contribution is -0.163. The van der Waals surface area contributed by atoms with Gasteiger partial charge in [-0.15, -0.1) is 0 Å². The Balaban J connectivity index is 1.87. The molecule has 3 saturated heterocycles. The van der Waals surface area contributed by atoms with E-state index in [4.69, 9.17) is 9.47 Å². The average Bonchev–Trinajstić information content (AvgIpc) is 4.08. The van der Waals surface area contributed by atoms with Gasteiger partial charge in [0, 0.05) is 33.6 Å². The van der Waals surface area contributed by atoms with Gasteiger partial charge < -0.3 is 55.2 Å². The number of rotatable bonds is 14. The molecule has 2 unspecified atom stereocenters. The number of esters is 2. The van der Waals surface area contributed by atoms with Gasteiger partial charge in [0.25, 0.3) is 5.91 Å². The van der Waals surface area contributed by atoms with Crippen LogP contribution in [-0.4, -0.2) is 183 Å². The van der Waals surface area contributed by atoms with Gasteiger partial charge in [0.05, 0.1) is 24.5 Å². The number of aliphatic hydroxyl groups is 2. The Kier molecular flexibility index (Phi) is 23.6. The summed E-state index contributed by atoms with van der Waals surface area (Å²) in [7, 11) is 2.82. The van der Waals surface area contributed by atoms with Gasteiger partial charge in [-0.1, -0.05) is 92.1 Å². The summed E-state index contributed by atoms with van der Waals surface area (Å²) in [6.07, 6.45) is -4.82. The molecule has 77 heavy (non-hydrogen) atoms. The number of benzene rings is 1. The van der Waals surface area contributed by atoms with Crippen LogP contribution in [0.15, 0.2) is 30.3 Å². The Morgan fingerprint density at radius 3 is 2.06 bits per heavy atom. The van der Waals surface area contributed by atoms with Gasteiger partial charge in [-0.2, -0.15) is 0 Å². The summed E-state index contributed by atoms with van der Waals surface area (Å²) in [6, 6.07) is 0.00586. The van der Waals surface area contributed by atoms with Crippen molar-refractivity contribution in [2.75, 3.05) is 27.2 Å². The number of hydrogen-bond donors (Lipinski definition) is 5. The molecule has 3 heterocycles. The molecule has 0 aromatic heterocycles. The molecule has 1 aromatic carbocycles. The maximum absolute atomic E-state index is 15.0. The van der Waals surface area contributed by atoms with E-state index >= 15 is 0 Å². The number of carbonyl (C=O) groups is 10. The Morgan fingerprint density at radius 1 is 0.844 bits per heavy atom. The number of Topliss-reactive ketones (excluding diaryl/α,β-unsaturated/α-hetero) is 1. The van der Waals surface area contributed by atoms with Gasteiger partial charge in [-0.05, 0) is 88.5 Å². The van der Waals surface area contributed by atoms with E-state index in [-0.39, 0.29) is 57.0 Å². The zero-order valence-electron chi connectivity index (χ0n) is 47.5. The van der Waals surface area contributed by atoms with E-state index < -0.39 is 150 Å². The molecule has 21 heteroatoms. The minimum Gasteiger partial charge on any atom is -0.458 e. The number of nitrogens with zero attached hydrogens (tertiary/aromatic N) is 4. The van der Waals surface area contributed by atoms with Crippen LogP contribution in [0.1, 0.15) is 133 Å². The fourth-order valence-corrected chi connectivity index (χ4v) is 10.4. The molecular weight excluding hydrogens is 995 g/mol. The number of likely N-dealkylation sites (N-methyl/N-ethyl adjacent to an activating group) is 2. The number of hydrogen-bond acceptors (Lipinski definition) is 14. The highest BCUT2D eigenvalue weighted by Crippen LogP contribution is 2.27. The van der Waals surface area contributed by atoms with Crippen LogP contribution in [0.2, 0.25) is 0 Å². The highest BCUT2D eigenvalue weighted by Gasteiger charge is 2.46. The first-order valence-corrected chi connectivity index (χ1v) is 27.5. The second kappa shape index (κ2) is 28.6. The van der Waals surface area contributed by atoms with Gasteiger partial charge in [-0.25, -0.2) is 4.79 Å². The Labute approximate surface area is 454 Å². The molecule has 3 aliphatic rings. The first-order chi connectivity index (χ1) is 36.1. The van der Waals surface area contributed by atoms with Crippen molar-refractivity contribution >= 4 is 59.1 Å². The van der Waals surface area contributed by atoms with Crippen molar-refractivity contribution in [3.05, 3.63) is 35.9 Å². The molecular formula is C56H87N7O14. The fourth-order valence-electron chi connectivity index (χ4n) is 10.4. The number of ether oxygens (including phenoxy) is 2. The molecule has 21 nitrogen and oxygen atoms in total. The molecule has 3 fully saturated rings. The summed E-state index contributed by atoms with van der Waals surface area (Å²) in [4.78, 5) is 148. The maximum Gasteiger partial charge on any atom is 0.329 e. The molecule has 0 spiro atoms. The molecule has 0 radical (unpaired) electrons. The van der Waals surface area contributed by atoms with Gasteiger partial charge in [0.2, 0.25) is 35.4 Å². The maximum atomic E-state index is 15.0. The second-order valence-corrected chi connectivity index (χ2v) is 22.6. The number of fused-ring (bicyclic) bond motifs is 1. The van der Waals surface area contributed by atoms with E-state index in [1.807, 2.05) is 27.7 Å². The molecule has 4 rings (SSSR count). The lowest BCUT2D eigenvalue weighted by Crippen LogP contribution is -2.62. The predicted molar refractivity (Wildman–Crippen MR) is 284 cm³/mol. The third kappa shape index (κ3) is 16.5. The number of carbonyl (C=O) groups excluding carboxylic acids is 10. The van der Waals surface area contributed by atoms with Crippen LogP contribution < -0.4 is 16.0 Å². The third-order valence-electron chi connectivity index (χ3n) is 15.2. The quantitative estimate of drug-likeness (QED) is 0.132. The lowest BCUT2D eigenvalue weighted by Gasteiger charge is -2.36. The summed E-state index contributed by atoms with van der Waals surface area (Å²) in [5.74, 6) is -10.6. The zero-order valence-corrected chi connectivity index (χ0v) is 47.5. The van der Waals surface area contributed by atoms with Crippen LogP contribution >= 0.6 is 0 Å². The summed E-state index contributed by atoms with van der Waals surface area (Å²) < 4.78 is 11.9. The van der Waals surface area contributed by atoms with Crippen molar-refractivity contribution in [1.29, 1.82) is 0 Å². The highest BCUT2D eigenvalue weighted by molar-refractivity contribution is 6.05. The second-order valence-electron chi connectivity index (χ2n) is 22.6. The Bertz CT molecular complexity index is 2260. The van der Waals surface area contributed by atoms with Crippen LogP contribution in [0.25, 0.3) is 0 Å². The van der Waals surface area contributed by atoms with Gasteiger partial charge >= 0.3 is 11.9 Å². The standard InChI is InChI=1S/C56H87N7O14/c1-14-33(8)45-43(65)29-44(66)77-48(32(6)7)47(67)34(9)49(68)57-38(26-30(2)3)53(72)63-25-19-23-40(63)55(74)61(13)42(28-37-20-16-15-17-21-37)56(75)76-36(11)46(51(70)58-45)59-50(69)41(27-31(4)5)60(12)54(73)39-22-18-24-62(39)52(71)35(10)64/h15-17,20-21,30-36,38-43,45-46,48,64-65H,14,18-19,22-29H2,1-13H3,(H,57,68)(H,58,70)(H,59,69)/t33-,34-,35-,36+,38-,39?,40?,41+,42-,43-,45+,46-,48-/m0/s1. The number of ketones is 1. The van der Waals surface area contributed by atoms with E-state index in [1.54, 1.807) is 58.0 Å². The van der Waals surface area contributed by atoms with E-state index in [0.29, 0.717) is 24.8 Å². The van der Waals surface area contributed by atoms with Crippen molar-refractivity contribution in [3.8, 4) is 0 Å². The van der Waals surface area contributed by atoms with Gasteiger partial charge in [-0.3, -0.25) is 43.2 Å². The number of cyclic esters (lactones) is 2. The summed E-state index contributed by atoms with van der Waals surface area (Å²) in [5.41, 5.74) is 0.633. The van der Waals surface area contributed by atoms with Crippen LogP contribution in [0.3, 0.4) is 0 Å². The molecule has 0 saturated carbocycles. The van der Waals surface area contributed by atoms with Crippen LogP contribution in [0, 0.1) is 29.6 Å². The molecule has 0 aliphatic carbocycles. The van der Waals surface area contributed by atoms with E-state index in [1.165, 1.54) is 54.5 Å². The van der Waals surface area contributed by atoms with Gasteiger partial charge in [0.1, 0.15) is 48.5 Å². The molecule has 7 amide bonds. The number of likely N-dealkylation sites (tertiary alicyclic amines) is 1. The molecule has 5 N–H and O–H groups in total. The van der Waals surface area contributed by atoms with Crippen LogP contribution in [0.4, 0.5) is 0 Å². The lowest BCUT2D eigenvalue weighted by atomic mass is 9.91. The smallest absolute Gasteiger partial charge is 0.329 e. The van der Waals surface area contributed by atoms with Crippen molar-refractivity contribution in [3.63, 3.8) is 0 Å². The van der Waals surface area contributed by atoms with E-state index in [2.05, 4.69) is 16.0 Å². The molecule has 3 aliphatic heterocycles. The predicted octanol–water partition coefficient (Wildman–Crippen LogP) is 2.31. The molecule has 13 atom stereocenters. The topological polar surface area (TPSA) is 279 Å². The fraction of sp³-hybridized carbons (Fsp3) is 0.714. The van der Waals surface area contributed by atoms with E-state index in [9.17, 15) is 58.2 Å². The van der Waals surface area contributed by atoms with Crippen LogP contribution in [0.5, 0.6) is 0 Å². The normalized spacial score (nSPS) is 28.1. The first-order valence-electron chi connectivity index (χ1n) is 27.5. The first kappa shape index (κ1) is 63.6. The number of aliphatic hydroxyl groups excluding tert-OH is 2. The molecule has 0 bridgehead atoms. The average molecular weight is 1080 g/mol. The Hall–Kier alpha value is -5.96. The minimum absolute atomic E-state index is 0.0780. The number of amides is 7. The van der Waals surface area contributed by atoms with Gasteiger partial charge in [0.15, 0.2) is 11.9 Å². The van der Waals surface area contributed by atoms with Crippen molar-refractivity contribution in [1.82, 2.24) is 35.6 Å². The Morgan fingerprint density at radius 2 is 1.48 bits per heavy atom. The van der Waals surface area contributed by atoms with Crippen molar-refractivity contribution < 1.29 is 67.6 Å². The summed E-state index contributed by atoms with van der Waals surface area (Å²) in [6.45, 7) is 18.5. The molecule has 430 valence electrons.